The summed E-state index contributed by atoms with van der Waals surface area (Å²) in [6, 6.07) is 13.9. The lowest BCUT2D eigenvalue weighted by Gasteiger charge is -2.12. The molecule has 0 atom stereocenters. The lowest BCUT2D eigenvalue weighted by molar-refractivity contribution is 0.102. The van der Waals surface area contributed by atoms with Gasteiger partial charge >= 0.3 is 0 Å². The summed E-state index contributed by atoms with van der Waals surface area (Å²) in [7, 11) is 0. The number of rotatable bonds is 5. The molecule has 0 unspecified atom stereocenters. The van der Waals surface area contributed by atoms with Crippen LogP contribution >= 0.6 is 0 Å². The lowest BCUT2D eigenvalue weighted by atomic mass is 9.98. The Morgan fingerprint density at radius 2 is 2.07 bits per heavy atom. The molecular formula is C21H18N4O2. The fraction of sp³-hybridized carbons (Fsp3) is 0.0952. The van der Waals surface area contributed by atoms with E-state index >= 15 is 0 Å². The number of hydrogen-bond donors (Lipinski definition) is 3. The largest absolute Gasteiger partial charge is 0.472 e. The van der Waals surface area contributed by atoms with Gasteiger partial charge in [-0.1, -0.05) is 13.0 Å². The highest BCUT2D eigenvalue weighted by molar-refractivity contribution is 6.14. The smallest absolute Gasteiger partial charge is 0.255 e. The van der Waals surface area contributed by atoms with Crippen LogP contribution in [0.25, 0.3) is 0 Å². The summed E-state index contributed by atoms with van der Waals surface area (Å²) in [5.74, 6) is -0.311. The van der Waals surface area contributed by atoms with E-state index in [0.717, 1.165) is 0 Å². The highest BCUT2D eigenvalue weighted by atomic mass is 16.3. The minimum atomic E-state index is -0.311. The number of nitrogens with one attached hydrogen (secondary N) is 2. The van der Waals surface area contributed by atoms with Crippen LogP contribution in [0, 0.1) is 16.7 Å². The Labute approximate surface area is 156 Å². The van der Waals surface area contributed by atoms with Crippen LogP contribution in [0.15, 0.2) is 59.4 Å². The van der Waals surface area contributed by atoms with Gasteiger partial charge in [0.25, 0.3) is 5.91 Å². The van der Waals surface area contributed by atoms with Gasteiger partial charge in [0.1, 0.15) is 0 Å². The van der Waals surface area contributed by atoms with Crippen molar-refractivity contribution in [2.75, 3.05) is 11.1 Å². The van der Waals surface area contributed by atoms with Crippen molar-refractivity contribution in [2.45, 2.75) is 13.3 Å². The Morgan fingerprint density at radius 3 is 2.74 bits per heavy atom. The first-order valence-electron chi connectivity index (χ1n) is 8.39. The molecule has 4 N–H and O–H groups in total. The first kappa shape index (κ1) is 18.0. The number of furan rings is 1. The molecule has 0 saturated carbocycles. The van der Waals surface area contributed by atoms with E-state index < -0.39 is 0 Å². The molecule has 6 nitrogen and oxygen atoms in total. The van der Waals surface area contributed by atoms with Crippen LogP contribution in [0.5, 0.6) is 0 Å². The molecule has 0 saturated heterocycles. The summed E-state index contributed by atoms with van der Waals surface area (Å²) in [5, 5.41) is 20.4. The van der Waals surface area contributed by atoms with Crippen molar-refractivity contribution in [1.29, 1.82) is 10.7 Å². The van der Waals surface area contributed by atoms with Crippen LogP contribution in [0.2, 0.25) is 0 Å². The molecule has 0 aliphatic rings. The molecule has 27 heavy (non-hydrogen) atoms. The normalized spacial score (nSPS) is 10.2. The van der Waals surface area contributed by atoms with Gasteiger partial charge in [-0.3, -0.25) is 10.2 Å². The predicted molar refractivity (Wildman–Crippen MR) is 104 cm³/mol. The fourth-order valence-electron chi connectivity index (χ4n) is 2.90. The molecule has 0 aliphatic heterocycles. The summed E-state index contributed by atoms with van der Waals surface area (Å²) in [5.41, 5.74) is 9.90. The van der Waals surface area contributed by atoms with Crippen molar-refractivity contribution in [3.8, 4) is 6.07 Å². The molecule has 2 aromatic carbocycles. The molecule has 134 valence electrons. The van der Waals surface area contributed by atoms with Crippen molar-refractivity contribution in [3.63, 3.8) is 0 Å². The van der Waals surface area contributed by atoms with Gasteiger partial charge in [-0.05, 0) is 48.4 Å². The first-order chi connectivity index (χ1) is 13.0. The third kappa shape index (κ3) is 3.58. The molecule has 0 fully saturated rings. The van der Waals surface area contributed by atoms with Crippen molar-refractivity contribution >= 4 is 23.0 Å². The summed E-state index contributed by atoms with van der Waals surface area (Å²) < 4.78 is 5.02. The molecule has 0 radical (unpaired) electrons. The van der Waals surface area contributed by atoms with E-state index in [1.54, 1.807) is 42.5 Å². The first-order valence-corrected chi connectivity index (χ1v) is 8.39. The number of carbonyl (C=O) groups is 1. The van der Waals surface area contributed by atoms with E-state index in [0.29, 0.717) is 45.6 Å². The number of benzene rings is 2. The van der Waals surface area contributed by atoms with Gasteiger partial charge in [0, 0.05) is 28.1 Å². The van der Waals surface area contributed by atoms with Crippen molar-refractivity contribution in [1.82, 2.24) is 0 Å². The second-order valence-electron chi connectivity index (χ2n) is 5.94. The Balaban J connectivity index is 1.91. The maximum absolute atomic E-state index is 12.7. The molecule has 1 aromatic heterocycles. The number of nitriles is 1. The Morgan fingerprint density at radius 1 is 1.26 bits per heavy atom. The second kappa shape index (κ2) is 7.58. The molecule has 1 amide bonds. The van der Waals surface area contributed by atoms with Crippen molar-refractivity contribution in [3.05, 3.63) is 82.8 Å². The highest BCUT2D eigenvalue weighted by Crippen LogP contribution is 2.23. The number of nitrogen functional groups attached to an aromatic ring is 1. The van der Waals surface area contributed by atoms with Gasteiger partial charge in [-0.25, -0.2) is 0 Å². The van der Waals surface area contributed by atoms with Crippen LogP contribution in [0.3, 0.4) is 0 Å². The maximum Gasteiger partial charge on any atom is 0.255 e. The van der Waals surface area contributed by atoms with Crippen LogP contribution in [-0.2, 0) is 6.42 Å². The van der Waals surface area contributed by atoms with Crippen LogP contribution in [0.4, 0.5) is 11.4 Å². The number of anilines is 2. The summed E-state index contributed by atoms with van der Waals surface area (Å²) in [6.07, 6.45) is 3.53. The lowest BCUT2D eigenvalue weighted by Crippen LogP contribution is -2.15. The van der Waals surface area contributed by atoms with E-state index in [1.165, 1.54) is 12.5 Å². The standard InChI is InChI=1S/C21H18N4O2/c1-2-16-13(11-22)4-3-5-17(16)21(26)25-15-6-7-19(23)18(10-15)20(24)14-8-9-27-12-14/h3-10,12,24H,2,23H2,1H3,(H,25,26). The molecule has 6 heteroatoms. The number of hydrogen-bond acceptors (Lipinski definition) is 5. The summed E-state index contributed by atoms with van der Waals surface area (Å²) >= 11 is 0. The quantitative estimate of drug-likeness (QED) is 0.473. The molecular weight excluding hydrogens is 340 g/mol. The average molecular weight is 358 g/mol. The second-order valence-corrected chi connectivity index (χ2v) is 5.94. The van der Waals surface area contributed by atoms with Crippen molar-refractivity contribution in [2.24, 2.45) is 0 Å². The van der Waals surface area contributed by atoms with E-state index in [1.807, 2.05) is 6.92 Å². The van der Waals surface area contributed by atoms with Crippen molar-refractivity contribution < 1.29 is 9.21 Å². The number of carbonyl (C=O) groups excluding carboxylic acids is 1. The van der Waals surface area contributed by atoms with Gasteiger partial charge < -0.3 is 15.5 Å². The van der Waals surface area contributed by atoms with Gasteiger partial charge in [0.05, 0.1) is 29.9 Å². The maximum atomic E-state index is 12.7. The highest BCUT2D eigenvalue weighted by Gasteiger charge is 2.15. The number of amides is 1. The summed E-state index contributed by atoms with van der Waals surface area (Å²) in [4.78, 5) is 12.7. The van der Waals surface area contributed by atoms with E-state index in [-0.39, 0.29) is 11.6 Å². The van der Waals surface area contributed by atoms with Gasteiger partial charge in [-0.15, -0.1) is 0 Å². The zero-order valence-electron chi connectivity index (χ0n) is 14.7. The molecule has 0 spiro atoms. The van der Waals surface area contributed by atoms with Crippen LogP contribution < -0.4 is 11.1 Å². The molecule has 0 bridgehead atoms. The van der Waals surface area contributed by atoms with Gasteiger partial charge in [-0.2, -0.15) is 5.26 Å². The average Bonchev–Trinajstić information content (AvgIpc) is 3.22. The Hall–Kier alpha value is -3.85. The summed E-state index contributed by atoms with van der Waals surface area (Å²) in [6.45, 7) is 1.90. The van der Waals surface area contributed by atoms with E-state index in [2.05, 4.69) is 11.4 Å². The number of nitrogens with two attached hydrogens (primary N) is 1. The zero-order chi connectivity index (χ0) is 19.4. The predicted octanol–water partition coefficient (Wildman–Crippen LogP) is 3.96. The molecule has 3 aromatic rings. The third-order valence-corrected chi connectivity index (χ3v) is 4.29. The topological polar surface area (TPSA) is 116 Å². The SMILES string of the molecule is CCc1c(C#N)cccc1C(=O)Nc1ccc(N)c(C(=N)c2ccoc2)c1. The third-order valence-electron chi connectivity index (χ3n) is 4.29. The molecule has 0 aliphatic carbocycles. The Kier molecular flexibility index (Phi) is 5.04. The minimum absolute atomic E-state index is 0.207. The monoisotopic (exact) mass is 358 g/mol. The Bertz CT molecular complexity index is 1050. The minimum Gasteiger partial charge on any atom is -0.472 e. The van der Waals surface area contributed by atoms with Crippen LogP contribution in [0.1, 0.15) is 39.5 Å². The van der Waals surface area contributed by atoms with Gasteiger partial charge in [0.2, 0.25) is 0 Å². The zero-order valence-corrected chi connectivity index (χ0v) is 14.7. The van der Waals surface area contributed by atoms with Crippen LogP contribution in [-0.4, -0.2) is 11.6 Å². The van der Waals surface area contributed by atoms with Gasteiger partial charge in [0.15, 0.2) is 0 Å². The fourth-order valence-corrected chi connectivity index (χ4v) is 2.90. The molecule has 1 heterocycles. The van der Waals surface area contributed by atoms with E-state index in [4.69, 9.17) is 15.6 Å². The molecule has 3 rings (SSSR count). The van der Waals surface area contributed by atoms with E-state index in [9.17, 15) is 10.1 Å². The number of nitrogens with zero attached hydrogens (tertiary/aromatic N) is 1.